The molecular formula is C11H16N2O. The van der Waals surface area contributed by atoms with E-state index < -0.39 is 0 Å². The Labute approximate surface area is 84.5 Å². The van der Waals surface area contributed by atoms with Gasteiger partial charge < -0.3 is 10.1 Å². The van der Waals surface area contributed by atoms with Crippen LogP contribution < -0.4 is 10.1 Å². The lowest BCUT2D eigenvalue weighted by Crippen LogP contribution is -2.27. The molecule has 0 spiro atoms. The van der Waals surface area contributed by atoms with Crippen molar-refractivity contribution in [1.29, 1.82) is 0 Å². The third-order valence-electron chi connectivity index (χ3n) is 2.47. The van der Waals surface area contributed by atoms with E-state index in [1.807, 2.05) is 25.1 Å². The molecule has 0 saturated heterocycles. The summed E-state index contributed by atoms with van der Waals surface area (Å²) in [6.07, 6.45) is 3.86. The molecule has 0 unspecified atom stereocenters. The number of hydrogen-bond donors (Lipinski definition) is 1. The van der Waals surface area contributed by atoms with E-state index >= 15 is 0 Å². The van der Waals surface area contributed by atoms with E-state index in [9.17, 15) is 0 Å². The van der Waals surface area contributed by atoms with Gasteiger partial charge in [-0.15, -0.1) is 0 Å². The zero-order chi connectivity index (χ0) is 9.80. The summed E-state index contributed by atoms with van der Waals surface area (Å²) in [7, 11) is 0. The number of ether oxygens (including phenoxy) is 1. The summed E-state index contributed by atoms with van der Waals surface area (Å²) in [4.78, 5) is 4.35. The van der Waals surface area contributed by atoms with Gasteiger partial charge in [0.2, 0.25) is 5.88 Å². The standard InChI is InChI=1S/C11H16N2O/c1-2-14-11-8-4-7-10(13-11)12-9-5-3-6-9/h4,7-9H,2-3,5-6H2,1H3,(H,12,13). The number of anilines is 1. The lowest BCUT2D eigenvalue weighted by Gasteiger charge is -2.26. The maximum absolute atomic E-state index is 5.33. The molecule has 1 N–H and O–H groups in total. The van der Waals surface area contributed by atoms with Gasteiger partial charge in [0.25, 0.3) is 0 Å². The van der Waals surface area contributed by atoms with Gasteiger partial charge in [-0.3, -0.25) is 0 Å². The van der Waals surface area contributed by atoms with Crippen LogP contribution in [0.3, 0.4) is 0 Å². The fourth-order valence-electron chi connectivity index (χ4n) is 1.49. The van der Waals surface area contributed by atoms with E-state index in [1.165, 1.54) is 19.3 Å². The Morgan fingerprint density at radius 3 is 3.00 bits per heavy atom. The summed E-state index contributed by atoms with van der Waals surface area (Å²) in [5, 5.41) is 3.39. The summed E-state index contributed by atoms with van der Waals surface area (Å²) >= 11 is 0. The maximum atomic E-state index is 5.33. The average Bonchev–Trinajstić information content (AvgIpc) is 2.13. The second-order valence-corrected chi connectivity index (χ2v) is 3.57. The quantitative estimate of drug-likeness (QED) is 0.795. The van der Waals surface area contributed by atoms with E-state index in [-0.39, 0.29) is 0 Å². The number of hydrogen-bond acceptors (Lipinski definition) is 3. The molecule has 2 rings (SSSR count). The third-order valence-corrected chi connectivity index (χ3v) is 2.47. The van der Waals surface area contributed by atoms with Crippen molar-refractivity contribution in [2.24, 2.45) is 0 Å². The van der Waals surface area contributed by atoms with Crippen LogP contribution in [0.2, 0.25) is 0 Å². The summed E-state index contributed by atoms with van der Waals surface area (Å²) in [6, 6.07) is 6.47. The zero-order valence-corrected chi connectivity index (χ0v) is 8.49. The molecule has 1 aromatic heterocycles. The van der Waals surface area contributed by atoms with Crippen LogP contribution in [0.25, 0.3) is 0 Å². The summed E-state index contributed by atoms with van der Waals surface area (Å²) in [5.41, 5.74) is 0. The highest BCUT2D eigenvalue weighted by molar-refractivity contribution is 5.38. The predicted molar refractivity (Wildman–Crippen MR) is 56.7 cm³/mol. The molecule has 0 atom stereocenters. The number of nitrogens with one attached hydrogen (secondary N) is 1. The van der Waals surface area contributed by atoms with Crippen LogP contribution in [0.15, 0.2) is 18.2 Å². The van der Waals surface area contributed by atoms with Crippen LogP contribution in [0.5, 0.6) is 5.88 Å². The second-order valence-electron chi connectivity index (χ2n) is 3.57. The molecule has 0 radical (unpaired) electrons. The minimum Gasteiger partial charge on any atom is -0.478 e. The summed E-state index contributed by atoms with van der Waals surface area (Å²) in [6.45, 7) is 2.63. The Morgan fingerprint density at radius 1 is 1.50 bits per heavy atom. The third kappa shape index (κ3) is 2.16. The topological polar surface area (TPSA) is 34.1 Å². The molecule has 1 fully saturated rings. The van der Waals surface area contributed by atoms with Crippen molar-refractivity contribution in [3.05, 3.63) is 18.2 Å². The van der Waals surface area contributed by atoms with Crippen molar-refractivity contribution in [2.45, 2.75) is 32.2 Å². The van der Waals surface area contributed by atoms with E-state index in [2.05, 4.69) is 10.3 Å². The fourth-order valence-corrected chi connectivity index (χ4v) is 1.49. The van der Waals surface area contributed by atoms with Crippen LogP contribution in [-0.2, 0) is 0 Å². The van der Waals surface area contributed by atoms with Crippen LogP contribution >= 0.6 is 0 Å². The first kappa shape index (κ1) is 9.31. The monoisotopic (exact) mass is 192 g/mol. The summed E-state index contributed by atoms with van der Waals surface area (Å²) < 4.78 is 5.33. The van der Waals surface area contributed by atoms with Crippen LogP contribution in [0.4, 0.5) is 5.82 Å². The van der Waals surface area contributed by atoms with Crippen LogP contribution in [-0.4, -0.2) is 17.6 Å². The van der Waals surface area contributed by atoms with E-state index in [0.29, 0.717) is 18.5 Å². The molecule has 14 heavy (non-hydrogen) atoms. The van der Waals surface area contributed by atoms with Gasteiger partial charge >= 0.3 is 0 Å². The molecule has 3 heteroatoms. The van der Waals surface area contributed by atoms with Crippen molar-refractivity contribution in [2.75, 3.05) is 11.9 Å². The first-order valence-electron chi connectivity index (χ1n) is 5.25. The van der Waals surface area contributed by atoms with Crippen molar-refractivity contribution in [3.8, 4) is 5.88 Å². The first-order chi connectivity index (χ1) is 6.88. The number of rotatable bonds is 4. The Kier molecular flexibility index (Phi) is 2.87. The zero-order valence-electron chi connectivity index (χ0n) is 8.49. The van der Waals surface area contributed by atoms with Crippen molar-refractivity contribution in [3.63, 3.8) is 0 Å². The Bertz CT molecular complexity index is 297. The van der Waals surface area contributed by atoms with Gasteiger partial charge in [-0.05, 0) is 32.3 Å². The van der Waals surface area contributed by atoms with Crippen molar-refractivity contribution in [1.82, 2.24) is 4.98 Å². The van der Waals surface area contributed by atoms with Crippen molar-refractivity contribution < 1.29 is 4.74 Å². The highest BCUT2D eigenvalue weighted by Crippen LogP contribution is 2.23. The molecule has 1 aromatic rings. The fraction of sp³-hybridized carbons (Fsp3) is 0.545. The molecule has 0 amide bonds. The molecule has 76 valence electrons. The lowest BCUT2D eigenvalue weighted by atomic mass is 9.93. The van der Waals surface area contributed by atoms with E-state index in [0.717, 1.165) is 5.82 Å². The van der Waals surface area contributed by atoms with Gasteiger partial charge in [0, 0.05) is 12.1 Å². The Hall–Kier alpha value is -1.25. The SMILES string of the molecule is CCOc1cccc(NC2CCC2)n1. The lowest BCUT2D eigenvalue weighted by molar-refractivity contribution is 0.327. The molecule has 1 saturated carbocycles. The molecule has 3 nitrogen and oxygen atoms in total. The highest BCUT2D eigenvalue weighted by Gasteiger charge is 2.17. The molecule has 0 aliphatic heterocycles. The largest absolute Gasteiger partial charge is 0.478 e. The highest BCUT2D eigenvalue weighted by atomic mass is 16.5. The number of nitrogens with zero attached hydrogens (tertiary/aromatic N) is 1. The Morgan fingerprint density at radius 2 is 2.36 bits per heavy atom. The van der Waals surface area contributed by atoms with Crippen LogP contribution in [0, 0.1) is 0 Å². The number of aromatic nitrogens is 1. The van der Waals surface area contributed by atoms with E-state index in [4.69, 9.17) is 4.74 Å². The molecule has 1 aliphatic rings. The van der Waals surface area contributed by atoms with Crippen molar-refractivity contribution >= 4 is 5.82 Å². The van der Waals surface area contributed by atoms with Gasteiger partial charge in [-0.1, -0.05) is 6.07 Å². The van der Waals surface area contributed by atoms with Gasteiger partial charge in [0.05, 0.1) is 6.61 Å². The molecule has 0 aromatic carbocycles. The number of pyridine rings is 1. The van der Waals surface area contributed by atoms with Crippen LogP contribution in [0.1, 0.15) is 26.2 Å². The first-order valence-corrected chi connectivity index (χ1v) is 5.25. The molecule has 0 bridgehead atoms. The normalized spacial score (nSPS) is 16.1. The van der Waals surface area contributed by atoms with E-state index in [1.54, 1.807) is 0 Å². The Balaban J connectivity index is 1.97. The van der Waals surface area contributed by atoms with Gasteiger partial charge in [-0.25, -0.2) is 0 Å². The summed E-state index contributed by atoms with van der Waals surface area (Å²) in [5.74, 6) is 1.64. The van der Waals surface area contributed by atoms with Gasteiger partial charge in [0.15, 0.2) is 0 Å². The predicted octanol–water partition coefficient (Wildman–Crippen LogP) is 2.44. The maximum Gasteiger partial charge on any atom is 0.215 e. The molecule has 1 heterocycles. The minimum atomic E-state index is 0.624. The molecule has 1 aliphatic carbocycles. The molecular weight excluding hydrogens is 176 g/mol. The average molecular weight is 192 g/mol. The second kappa shape index (κ2) is 4.31. The smallest absolute Gasteiger partial charge is 0.215 e. The van der Waals surface area contributed by atoms with Gasteiger partial charge in [0.1, 0.15) is 5.82 Å². The minimum absolute atomic E-state index is 0.624. The van der Waals surface area contributed by atoms with Gasteiger partial charge in [-0.2, -0.15) is 4.98 Å².